The lowest BCUT2D eigenvalue weighted by molar-refractivity contribution is 0.625. The molecule has 0 atom stereocenters. The van der Waals surface area contributed by atoms with E-state index >= 15 is 0 Å². The van der Waals surface area contributed by atoms with Crippen molar-refractivity contribution in [2.45, 2.75) is 6.54 Å². The third-order valence-corrected chi connectivity index (χ3v) is 3.54. The highest BCUT2D eigenvalue weighted by atomic mass is 35.5. The highest BCUT2D eigenvalue weighted by Gasteiger charge is 2.12. The largest absolute Gasteiger partial charge is 0.368 e. The molecule has 0 bridgehead atoms. The van der Waals surface area contributed by atoms with Gasteiger partial charge < -0.3 is 4.90 Å². The van der Waals surface area contributed by atoms with E-state index < -0.39 is 5.82 Å². The Labute approximate surface area is 125 Å². The first-order valence-electron chi connectivity index (χ1n) is 5.77. The molecule has 0 saturated carbocycles. The molecule has 2 rings (SSSR count). The van der Waals surface area contributed by atoms with Crippen molar-refractivity contribution in [1.82, 2.24) is 9.78 Å². The SMILES string of the molecule is CN(Cc1ccc(Cl)c(F)c1)c1cnn(C)c(=O)c1Cl. The molecule has 0 spiro atoms. The van der Waals surface area contributed by atoms with Gasteiger partial charge in [0.2, 0.25) is 0 Å². The van der Waals surface area contributed by atoms with Gasteiger partial charge in [-0.1, -0.05) is 29.3 Å². The number of nitrogens with zero attached hydrogens (tertiary/aromatic N) is 3. The van der Waals surface area contributed by atoms with Crippen LogP contribution in [0.5, 0.6) is 0 Å². The first-order chi connectivity index (χ1) is 9.40. The molecule has 7 heteroatoms. The van der Waals surface area contributed by atoms with Crippen LogP contribution in [0.15, 0.2) is 29.2 Å². The van der Waals surface area contributed by atoms with Crippen molar-refractivity contribution >= 4 is 28.9 Å². The van der Waals surface area contributed by atoms with Crippen LogP contribution in [0.2, 0.25) is 10.0 Å². The van der Waals surface area contributed by atoms with Crippen molar-refractivity contribution in [2.24, 2.45) is 7.05 Å². The summed E-state index contributed by atoms with van der Waals surface area (Å²) in [6.07, 6.45) is 1.50. The minimum absolute atomic E-state index is 0.0738. The van der Waals surface area contributed by atoms with Gasteiger partial charge in [-0.3, -0.25) is 4.79 Å². The van der Waals surface area contributed by atoms with Gasteiger partial charge in [0.25, 0.3) is 5.56 Å². The minimum atomic E-state index is -0.481. The molecule has 0 unspecified atom stereocenters. The van der Waals surface area contributed by atoms with E-state index in [2.05, 4.69) is 5.10 Å². The second-order valence-electron chi connectivity index (χ2n) is 4.38. The maximum Gasteiger partial charge on any atom is 0.287 e. The van der Waals surface area contributed by atoms with Crippen LogP contribution < -0.4 is 10.5 Å². The highest BCUT2D eigenvalue weighted by Crippen LogP contribution is 2.22. The highest BCUT2D eigenvalue weighted by molar-refractivity contribution is 6.33. The monoisotopic (exact) mass is 315 g/mol. The van der Waals surface area contributed by atoms with Crippen LogP contribution in [0, 0.1) is 5.82 Å². The van der Waals surface area contributed by atoms with E-state index in [9.17, 15) is 9.18 Å². The topological polar surface area (TPSA) is 38.1 Å². The Bertz CT molecular complexity index is 703. The fourth-order valence-corrected chi connectivity index (χ4v) is 2.20. The van der Waals surface area contributed by atoms with E-state index in [-0.39, 0.29) is 15.6 Å². The van der Waals surface area contributed by atoms with Gasteiger partial charge in [0.05, 0.1) is 16.9 Å². The summed E-state index contributed by atoms with van der Waals surface area (Å²) in [5.74, 6) is -0.481. The molecule has 106 valence electrons. The second kappa shape index (κ2) is 5.81. The van der Waals surface area contributed by atoms with Crippen LogP contribution in [0.4, 0.5) is 10.1 Å². The summed E-state index contributed by atoms with van der Waals surface area (Å²) in [6, 6.07) is 4.55. The average Bonchev–Trinajstić information content (AvgIpc) is 2.40. The standard InChI is InChI=1S/C13H12Cl2FN3O/c1-18(7-8-3-4-9(14)10(16)5-8)11-6-17-19(2)13(20)12(11)15/h3-6H,7H2,1-2H3. The molecular weight excluding hydrogens is 304 g/mol. The lowest BCUT2D eigenvalue weighted by Crippen LogP contribution is -2.25. The van der Waals surface area contributed by atoms with Gasteiger partial charge in [0.15, 0.2) is 0 Å². The van der Waals surface area contributed by atoms with Gasteiger partial charge in [-0.15, -0.1) is 0 Å². The quantitative estimate of drug-likeness (QED) is 0.874. The average molecular weight is 316 g/mol. The number of benzene rings is 1. The number of rotatable bonds is 3. The predicted molar refractivity (Wildman–Crippen MR) is 78.0 cm³/mol. The number of anilines is 1. The summed E-state index contributed by atoms with van der Waals surface area (Å²) in [4.78, 5) is 13.4. The van der Waals surface area contributed by atoms with E-state index in [1.54, 1.807) is 18.0 Å². The molecule has 0 aliphatic carbocycles. The fourth-order valence-electron chi connectivity index (χ4n) is 1.77. The molecule has 0 radical (unpaired) electrons. The Morgan fingerprint density at radius 3 is 2.75 bits per heavy atom. The molecule has 0 aliphatic rings. The zero-order chi connectivity index (χ0) is 14.9. The van der Waals surface area contributed by atoms with E-state index in [1.165, 1.54) is 25.4 Å². The van der Waals surface area contributed by atoms with Gasteiger partial charge in [0, 0.05) is 20.6 Å². The molecule has 0 saturated heterocycles. The normalized spacial score (nSPS) is 10.7. The molecule has 2 aromatic rings. The van der Waals surface area contributed by atoms with Crippen LogP contribution in [0.1, 0.15) is 5.56 Å². The molecule has 1 heterocycles. The van der Waals surface area contributed by atoms with E-state index in [0.29, 0.717) is 17.8 Å². The minimum Gasteiger partial charge on any atom is -0.368 e. The zero-order valence-corrected chi connectivity index (χ0v) is 12.4. The number of halogens is 3. The first-order valence-corrected chi connectivity index (χ1v) is 6.52. The predicted octanol–water partition coefficient (Wildman–Crippen LogP) is 2.86. The van der Waals surface area contributed by atoms with Gasteiger partial charge in [0.1, 0.15) is 10.8 Å². The molecule has 1 aromatic heterocycles. The van der Waals surface area contributed by atoms with Gasteiger partial charge in [-0.05, 0) is 17.7 Å². The van der Waals surface area contributed by atoms with Gasteiger partial charge in [-0.25, -0.2) is 9.07 Å². The summed E-state index contributed by atoms with van der Waals surface area (Å²) in [5.41, 5.74) is 0.828. The van der Waals surface area contributed by atoms with E-state index in [4.69, 9.17) is 23.2 Å². The van der Waals surface area contributed by atoms with Crippen LogP contribution in [-0.2, 0) is 13.6 Å². The maximum absolute atomic E-state index is 13.4. The summed E-state index contributed by atoms with van der Waals surface area (Å²) in [6.45, 7) is 0.378. The lowest BCUT2D eigenvalue weighted by atomic mass is 10.2. The Hall–Kier alpha value is -1.59. The smallest absolute Gasteiger partial charge is 0.287 e. The van der Waals surface area contributed by atoms with Crippen LogP contribution >= 0.6 is 23.2 Å². The number of hydrogen-bond donors (Lipinski definition) is 0. The summed E-state index contributed by atoms with van der Waals surface area (Å²) < 4.78 is 14.5. The molecule has 1 aromatic carbocycles. The second-order valence-corrected chi connectivity index (χ2v) is 5.16. The van der Waals surface area contributed by atoms with E-state index in [1.807, 2.05) is 0 Å². The molecule has 0 amide bonds. The Balaban J connectivity index is 2.28. The lowest BCUT2D eigenvalue weighted by Gasteiger charge is -2.20. The third-order valence-electron chi connectivity index (χ3n) is 2.87. The van der Waals surface area contributed by atoms with Crippen LogP contribution in [-0.4, -0.2) is 16.8 Å². The van der Waals surface area contributed by atoms with Crippen molar-refractivity contribution < 1.29 is 4.39 Å². The third kappa shape index (κ3) is 2.94. The zero-order valence-electron chi connectivity index (χ0n) is 10.9. The van der Waals surface area contributed by atoms with Crippen LogP contribution in [0.3, 0.4) is 0 Å². The Kier molecular flexibility index (Phi) is 4.30. The molecule has 0 N–H and O–H groups in total. The summed E-state index contributed by atoms with van der Waals surface area (Å²) in [7, 11) is 3.27. The van der Waals surface area contributed by atoms with Crippen molar-refractivity contribution in [2.75, 3.05) is 11.9 Å². The van der Waals surface area contributed by atoms with Crippen molar-refractivity contribution in [3.63, 3.8) is 0 Å². The number of hydrogen-bond acceptors (Lipinski definition) is 3. The first kappa shape index (κ1) is 14.8. The maximum atomic E-state index is 13.4. The van der Waals surface area contributed by atoms with E-state index in [0.717, 1.165) is 4.68 Å². The van der Waals surface area contributed by atoms with Crippen molar-refractivity contribution in [3.8, 4) is 0 Å². The number of aryl methyl sites for hydroxylation is 1. The van der Waals surface area contributed by atoms with Crippen LogP contribution in [0.25, 0.3) is 0 Å². The summed E-state index contributed by atoms with van der Waals surface area (Å²) in [5, 5.41) is 4.07. The summed E-state index contributed by atoms with van der Waals surface area (Å²) >= 11 is 11.6. The molecule has 4 nitrogen and oxygen atoms in total. The van der Waals surface area contributed by atoms with Crippen molar-refractivity contribution in [1.29, 1.82) is 0 Å². The molecular formula is C13H12Cl2FN3O. The Morgan fingerprint density at radius 2 is 2.10 bits per heavy atom. The van der Waals surface area contributed by atoms with Gasteiger partial charge in [-0.2, -0.15) is 5.10 Å². The fraction of sp³-hybridized carbons (Fsp3) is 0.231. The number of aromatic nitrogens is 2. The van der Waals surface area contributed by atoms with Gasteiger partial charge >= 0.3 is 0 Å². The molecule has 0 aliphatic heterocycles. The molecule has 0 fully saturated rings. The molecule has 20 heavy (non-hydrogen) atoms. The van der Waals surface area contributed by atoms with Crippen molar-refractivity contribution in [3.05, 3.63) is 56.2 Å². The Morgan fingerprint density at radius 1 is 1.40 bits per heavy atom.